The molecule has 0 fully saturated rings. The van der Waals surface area contributed by atoms with Crippen LogP contribution < -0.4 is 21.3 Å². The first-order valence-electron chi connectivity index (χ1n) is 14.9. The number of hydrogen-bond donors (Lipinski definition) is 5. The van der Waals surface area contributed by atoms with Gasteiger partial charge in [-0.15, -0.1) is 0 Å². The van der Waals surface area contributed by atoms with E-state index in [1.54, 1.807) is 36.4 Å². The summed E-state index contributed by atoms with van der Waals surface area (Å²) >= 11 is 12.9. The highest BCUT2D eigenvalue weighted by atomic mass is 35.5. The van der Waals surface area contributed by atoms with Gasteiger partial charge in [0, 0.05) is 12.1 Å². The fraction of sp³-hybridized carbons (Fsp3) is 0.200. The third-order valence-corrected chi connectivity index (χ3v) is 8.21. The third-order valence-electron chi connectivity index (χ3n) is 7.61. The van der Waals surface area contributed by atoms with Gasteiger partial charge in [0.05, 0.1) is 28.2 Å². The molecule has 0 radical (unpaired) electrons. The van der Waals surface area contributed by atoms with Crippen molar-refractivity contribution in [3.05, 3.63) is 134 Å². The Balaban J connectivity index is 1.25. The second kappa shape index (κ2) is 15.5. The summed E-state index contributed by atoms with van der Waals surface area (Å²) in [7, 11) is 0. The van der Waals surface area contributed by atoms with Crippen molar-refractivity contribution in [2.45, 2.75) is 38.1 Å². The number of ether oxygens (including phenoxy) is 1. The van der Waals surface area contributed by atoms with Crippen LogP contribution in [0.1, 0.15) is 55.4 Å². The lowest BCUT2D eigenvalue weighted by Gasteiger charge is -2.21. The molecule has 4 amide bonds. The number of aromatic hydroxyl groups is 1. The molecule has 0 bridgehead atoms. The Morgan fingerprint density at radius 2 is 1.53 bits per heavy atom. The Morgan fingerprint density at radius 1 is 0.830 bits per heavy atom. The smallest absolute Gasteiger partial charge is 0.330 e. The van der Waals surface area contributed by atoms with Gasteiger partial charge in [0.25, 0.3) is 11.8 Å². The van der Waals surface area contributed by atoms with Crippen LogP contribution in [0.4, 0.5) is 4.79 Å². The van der Waals surface area contributed by atoms with Crippen LogP contribution in [-0.4, -0.2) is 41.5 Å². The van der Waals surface area contributed by atoms with Crippen LogP contribution in [0.5, 0.6) is 5.75 Å². The molecule has 4 aromatic rings. The number of fused-ring (bicyclic) bond motifs is 1. The Bertz CT molecular complexity index is 1760. The molecule has 12 heteroatoms. The summed E-state index contributed by atoms with van der Waals surface area (Å²) < 4.78 is 5.46. The first kappa shape index (κ1) is 33.3. The van der Waals surface area contributed by atoms with Crippen molar-refractivity contribution in [3.63, 3.8) is 0 Å². The average molecular weight is 676 g/mol. The summed E-state index contributed by atoms with van der Waals surface area (Å²) in [6.45, 7) is -0.208. The highest BCUT2D eigenvalue weighted by Crippen LogP contribution is 2.30. The number of carbonyl (C=O) groups is 4. The van der Waals surface area contributed by atoms with Crippen LogP contribution in [0.25, 0.3) is 0 Å². The molecule has 2 atom stereocenters. The molecular formula is C35H32Cl2N4O6. The van der Waals surface area contributed by atoms with Crippen molar-refractivity contribution in [1.29, 1.82) is 0 Å². The van der Waals surface area contributed by atoms with E-state index in [1.807, 2.05) is 30.3 Å². The molecule has 0 saturated carbocycles. The summed E-state index contributed by atoms with van der Waals surface area (Å²) in [5, 5.41) is 20.2. The second-order valence-corrected chi connectivity index (χ2v) is 11.7. The number of rotatable bonds is 11. The largest absolute Gasteiger partial charge is 0.508 e. The van der Waals surface area contributed by atoms with Gasteiger partial charge in [0.1, 0.15) is 18.4 Å². The Labute approximate surface area is 281 Å². The average Bonchev–Trinajstić information content (AvgIpc) is 3.47. The quantitative estimate of drug-likeness (QED) is 0.134. The van der Waals surface area contributed by atoms with E-state index >= 15 is 0 Å². The van der Waals surface area contributed by atoms with Crippen LogP contribution in [0.15, 0.2) is 91.0 Å². The SMILES string of the molecule is O=C(NC[C@H](NC(=O)c1c(Cl)cc(C(=O)NCc2cccc(O)c2)cc1Cl)C(=O)OCc1ccccc1)N[C@@H]1CCc2ccccc21. The lowest BCUT2D eigenvalue weighted by Crippen LogP contribution is -2.51. The number of carbonyl (C=O) groups excluding carboxylic acids is 4. The van der Waals surface area contributed by atoms with Gasteiger partial charge in [-0.3, -0.25) is 9.59 Å². The van der Waals surface area contributed by atoms with E-state index in [1.165, 1.54) is 29.8 Å². The van der Waals surface area contributed by atoms with Gasteiger partial charge >= 0.3 is 12.0 Å². The molecule has 10 nitrogen and oxygen atoms in total. The van der Waals surface area contributed by atoms with Gasteiger partial charge < -0.3 is 31.1 Å². The molecule has 1 aliphatic rings. The van der Waals surface area contributed by atoms with Crippen LogP contribution in [0, 0.1) is 0 Å². The van der Waals surface area contributed by atoms with E-state index in [2.05, 4.69) is 21.3 Å². The molecule has 4 aromatic carbocycles. The maximum absolute atomic E-state index is 13.4. The highest BCUT2D eigenvalue weighted by molar-refractivity contribution is 6.40. The molecule has 0 aliphatic heterocycles. The first-order chi connectivity index (χ1) is 22.7. The van der Waals surface area contributed by atoms with Gasteiger partial charge in [-0.05, 0) is 59.4 Å². The fourth-order valence-electron chi connectivity index (χ4n) is 5.24. The molecule has 242 valence electrons. The monoisotopic (exact) mass is 674 g/mol. The molecule has 5 rings (SSSR count). The molecule has 5 N–H and O–H groups in total. The fourth-order valence-corrected chi connectivity index (χ4v) is 5.89. The summed E-state index contributed by atoms with van der Waals surface area (Å²) in [5.41, 5.74) is 3.55. The molecule has 1 aliphatic carbocycles. The van der Waals surface area contributed by atoms with E-state index in [4.69, 9.17) is 27.9 Å². The summed E-state index contributed by atoms with van der Waals surface area (Å²) in [4.78, 5) is 52.3. The second-order valence-electron chi connectivity index (χ2n) is 10.9. The molecule has 0 aromatic heterocycles. The molecule has 0 saturated heterocycles. The predicted molar refractivity (Wildman–Crippen MR) is 177 cm³/mol. The maximum atomic E-state index is 13.4. The highest BCUT2D eigenvalue weighted by Gasteiger charge is 2.28. The Morgan fingerprint density at radius 3 is 2.28 bits per heavy atom. The van der Waals surface area contributed by atoms with Crippen LogP contribution in [0.3, 0.4) is 0 Å². The summed E-state index contributed by atoms with van der Waals surface area (Å²) in [5.74, 6) is -2.04. The maximum Gasteiger partial charge on any atom is 0.330 e. The van der Waals surface area contributed by atoms with E-state index in [-0.39, 0.29) is 52.7 Å². The van der Waals surface area contributed by atoms with Gasteiger partial charge in [-0.25, -0.2) is 9.59 Å². The zero-order valence-corrected chi connectivity index (χ0v) is 26.6. The molecule has 47 heavy (non-hydrogen) atoms. The van der Waals surface area contributed by atoms with E-state index in [0.717, 1.165) is 24.0 Å². The molecule has 0 heterocycles. The third kappa shape index (κ3) is 8.81. The van der Waals surface area contributed by atoms with Gasteiger partial charge in [-0.2, -0.15) is 0 Å². The number of aryl methyl sites for hydroxylation is 1. The number of esters is 1. The van der Waals surface area contributed by atoms with E-state index in [9.17, 15) is 24.3 Å². The number of amides is 4. The van der Waals surface area contributed by atoms with Crippen molar-refractivity contribution in [2.75, 3.05) is 6.54 Å². The number of phenols is 1. The lowest BCUT2D eigenvalue weighted by atomic mass is 10.1. The molecule has 0 unspecified atom stereocenters. The van der Waals surface area contributed by atoms with Crippen molar-refractivity contribution < 1.29 is 29.0 Å². The van der Waals surface area contributed by atoms with Crippen molar-refractivity contribution in [2.24, 2.45) is 0 Å². The number of benzene rings is 4. The van der Waals surface area contributed by atoms with Gasteiger partial charge in [0.15, 0.2) is 0 Å². The minimum Gasteiger partial charge on any atom is -0.508 e. The zero-order valence-electron chi connectivity index (χ0n) is 25.1. The van der Waals surface area contributed by atoms with Gasteiger partial charge in [-0.1, -0.05) is 89.9 Å². The van der Waals surface area contributed by atoms with Crippen LogP contribution in [0.2, 0.25) is 10.0 Å². The van der Waals surface area contributed by atoms with Crippen LogP contribution >= 0.6 is 23.2 Å². The number of phenolic OH excluding ortho intramolecular Hbond substituents is 1. The van der Waals surface area contributed by atoms with Crippen molar-refractivity contribution >= 4 is 47.0 Å². The van der Waals surface area contributed by atoms with Gasteiger partial charge in [0.2, 0.25) is 0 Å². The Hall–Kier alpha value is -5.06. The Kier molecular flexibility index (Phi) is 11.0. The molecular weight excluding hydrogens is 643 g/mol. The zero-order chi connectivity index (χ0) is 33.3. The van der Waals surface area contributed by atoms with Crippen molar-refractivity contribution in [3.8, 4) is 5.75 Å². The van der Waals surface area contributed by atoms with E-state index in [0.29, 0.717) is 5.56 Å². The topological polar surface area (TPSA) is 146 Å². The van der Waals surface area contributed by atoms with Crippen molar-refractivity contribution in [1.82, 2.24) is 21.3 Å². The number of nitrogens with one attached hydrogen (secondary N) is 4. The minimum absolute atomic E-state index is 0.0506. The molecule has 0 spiro atoms. The number of halogens is 2. The minimum atomic E-state index is -1.30. The summed E-state index contributed by atoms with van der Waals surface area (Å²) in [6, 6.07) is 23.9. The predicted octanol–water partition coefficient (Wildman–Crippen LogP) is 5.46. The standard InChI is InChI=1S/C35H32Cl2N4O6/c36-27-16-24(32(43)38-18-22-9-6-11-25(42)15-22)17-28(37)31(27)33(44)40-30(34(45)47-20-21-7-2-1-3-8-21)19-39-35(46)41-29-14-13-23-10-4-5-12-26(23)29/h1-12,15-17,29-30,42H,13-14,18-20H2,(H,38,43)(H,40,44)(H2,39,41,46)/t29-,30+/m1/s1. The number of hydrogen-bond acceptors (Lipinski definition) is 6. The first-order valence-corrected chi connectivity index (χ1v) is 15.6. The lowest BCUT2D eigenvalue weighted by molar-refractivity contribution is -0.147. The number of urea groups is 1. The normalized spacial score (nSPS) is 14.0. The summed E-state index contributed by atoms with van der Waals surface area (Å²) in [6.07, 6.45) is 1.58. The van der Waals surface area contributed by atoms with Crippen LogP contribution in [-0.2, 0) is 29.1 Å². The van der Waals surface area contributed by atoms with E-state index < -0.39 is 29.9 Å².